The van der Waals surface area contributed by atoms with E-state index in [4.69, 9.17) is 0 Å². The maximum absolute atomic E-state index is 12.4. The number of benzene rings is 1. The fraction of sp³-hybridized carbons (Fsp3) is 0.556. The van der Waals surface area contributed by atoms with Crippen LogP contribution in [-0.4, -0.2) is 17.2 Å². The molecule has 0 spiro atoms. The van der Waals surface area contributed by atoms with Crippen LogP contribution in [0.2, 0.25) is 0 Å². The predicted molar refractivity (Wildman–Crippen MR) is 90.4 cm³/mol. The van der Waals surface area contributed by atoms with Crippen molar-refractivity contribution in [3.8, 4) is 6.07 Å². The summed E-state index contributed by atoms with van der Waals surface area (Å²) in [5, 5.41) is 12.6. The lowest BCUT2D eigenvalue weighted by Gasteiger charge is -2.35. The van der Waals surface area contributed by atoms with Crippen molar-refractivity contribution in [2.75, 3.05) is 5.75 Å². The molecule has 1 fully saturated rings. The minimum atomic E-state index is -0.652. The summed E-state index contributed by atoms with van der Waals surface area (Å²) in [5.41, 5.74) is -0.652. The molecule has 1 aromatic carbocycles. The van der Waals surface area contributed by atoms with Crippen molar-refractivity contribution in [3.05, 3.63) is 30.3 Å². The smallest absolute Gasteiger partial charge is 0.224 e. The number of carbonyl (C=O) groups is 1. The lowest BCUT2D eigenvalue weighted by molar-refractivity contribution is -0.125. The summed E-state index contributed by atoms with van der Waals surface area (Å²) in [6.45, 7) is 4.09. The van der Waals surface area contributed by atoms with Gasteiger partial charge in [-0.3, -0.25) is 4.79 Å². The molecular formula is C18H24N2OS. The third-order valence-corrected chi connectivity index (χ3v) is 5.54. The zero-order valence-corrected chi connectivity index (χ0v) is 14.2. The van der Waals surface area contributed by atoms with E-state index in [1.807, 2.05) is 25.1 Å². The normalized spacial score (nSPS) is 26.0. The number of hydrogen-bond acceptors (Lipinski definition) is 3. The first-order chi connectivity index (χ1) is 10.5. The lowest BCUT2D eigenvalue weighted by Crippen LogP contribution is -2.51. The molecular weight excluding hydrogens is 292 g/mol. The third-order valence-electron chi connectivity index (χ3n) is 4.26. The summed E-state index contributed by atoms with van der Waals surface area (Å²) >= 11 is 1.68. The van der Waals surface area contributed by atoms with Gasteiger partial charge < -0.3 is 5.32 Å². The Balaban J connectivity index is 1.89. The van der Waals surface area contributed by atoms with Crippen LogP contribution in [0.1, 0.15) is 39.5 Å². The van der Waals surface area contributed by atoms with Crippen molar-refractivity contribution in [3.63, 3.8) is 0 Å². The lowest BCUT2D eigenvalue weighted by atomic mass is 9.77. The fourth-order valence-corrected chi connectivity index (χ4v) is 3.91. The number of thioether (sulfide) groups is 1. The van der Waals surface area contributed by atoms with E-state index in [9.17, 15) is 10.1 Å². The summed E-state index contributed by atoms with van der Waals surface area (Å²) in [4.78, 5) is 13.6. The van der Waals surface area contributed by atoms with E-state index >= 15 is 0 Å². The van der Waals surface area contributed by atoms with Crippen molar-refractivity contribution < 1.29 is 4.79 Å². The first-order valence-electron chi connectivity index (χ1n) is 7.96. The van der Waals surface area contributed by atoms with Gasteiger partial charge in [-0.25, -0.2) is 0 Å². The minimum Gasteiger partial charge on any atom is -0.338 e. The van der Waals surface area contributed by atoms with E-state index in [1.54, 1.807) is 11.8 Å². The van der Waals surface area contributed by atoms with Crippen molar-refractivity contribution in [2.45, 2.75) is 50.0 Å². The van der Waals surface area contributed by atoms with Crippen LogP contribution in [-0.2, 0) is 4.79 Å². The Kier molecular flexibility index (Phi) is 5.90. The second-order valence-electron chi connectivity index (χ2n) is 6.41. The summed E-state index contributed by atoms with van der Waals surface area (Å²) < 4.78 is 0. The van der Waals surface area contributed by atoms with Crippen molar-refractivity contribution in [1.82, 2.24) is 5.32 Å². The van der Waals surface area contributed by atoms with Gasteiger partial charge in [-0.05, 0) is 37.3 Å². The highest BCUT2D eigenvalue weighted by Crippen LogP contribution is 2.32. The maximum atomic E-state index is 12.4. The standard InChI is InChI=1S/C18H24N2OS/c1-14-7-6-10-18(11-14,13-19)20-17(21)15(2)12-22-16-8-4-3-5-9-16/h3-5,8-9,14-15H,6-7,10-12H2,1-2H3,(H,20,21). The summed E-state index contributed by atoms with van der Waals surface area (Å²) in [7, 11) is 0. The molecule has 1 aliphatic carbocycles. The van der Waals surface area contributed by atoms with E-state index in [0.29, 0.717) is 5.92 Å². The molecule has 0 saturated heterocycles. The molecule has 0 aliphatic heterocycles. The van der Waals surface area contributed by atoms with E-state index < -0.39 is 5.54 Å². The summed E-state index contributed by atoms with van der Waals surface area (Å²) in [5.74, 6) is 1.13. The summed E-state index contributed by atoms with van der Waals surface area (Å²) in [6.07, 6.45) is 3.72. The van der Waals surface area contributed by atoms with Gasteiger partial charge in [0.25, 0.3) is 0 Å². The number of rotatable bonds is 5. The number of amides is 1. The first-order valence-corrected chi connectivity index (χ1v) is 8.94. The largest absolute Gasteiger partial charge is 0.338 e. The molecule has 2 rings (SSSR count). The first kappa shape index (κ1) is 16.9. The predicted octanol–water partition coefficient (Wildman–Crippen LogP) is 4.00. The molecule has 22 heavy (non-hydrogen) atoms. The van der Waals surface area contributed by atoms with Crippen LogP contribution in [0.15, 0.2) is 35.2 Å². The number of nitrogens with zero attached hydrogens (tertiary/aromatic N) is 1. The summed E-state index contributed by atoms with van der Waals surface area (Å²) in [6, 6.07) is 12.5. The third kappa shape index (κ3) is 4.51. The van der Waals surface area contributed by atoms with Gasteiger partial charge in [-0.1, -0.05) is 38.5 Å². The minimum absolute atomic E-state index is 0.000851. The van der Waals surface area contributed by atoms with Crippen molar-refractivity contribution in [1.29, 1.82) is 5.26 Å². The molecule has 3 nitrogen and oxygen atoms in total. The van der Waals surface area contributed by atoms with Crippen LogP contribution in [0.4, 0.5) is 0 Å². The molecule has 0 aromatic heterocycles. The SMILES string of the molecule is CC1CCCC(C#N)(NC(=O)C(C)CSc2ccccc2)C1. The van der Waals surface area contributed by atoms with E-state index in [2.05, 4.69) is 30.4 Å². The monoisotopic (exact) mass is 316 g/mol. The molecule has 0 radical (unpaired) electrons. The van der Waals surface area contributed by atoms with Gasteiger partial charge in [0.05, 0.1) is 6.07 Å². The zero-order chi connectivity index (χ0) is 16.0. The van der Waals surface area contributed by atoms with Crippen LogP contribution in [0.5, 0.6) is 0 Å². The number of hydrogen-bond donors (Lipinski definition) is 1. The van der Waals surface area contributed by atoms with Gasteiger partial charge in [-0.15, -0.1) is 11.8 Å². The van der Waals surface area contributed by atoms with Gasteiger partial charge in [0.15, 0.2) is 0 Å². The highest BCUT2D eigenvalue weighted by Gasteiger charge is 2.37. The van der Waals surface area contributed by atoms with Gasteiger partial charge >= 0.3 is 0 Å². The maximum Gasteiger partial charge on any atom is 0.224 e. The Morgan fingerprint density at radius 2 is 2.23 bits per heavy atom. The van der Waals surface area contributed by atoms with Gasteiger partial charge in [0.1, 0.15) is 5.54 Å². The Morgan fingerprint density at radius 1 is 1.50 bits per heavy atom. The molecule has 1 aromatic rings. The van der Waals surface area contributed by atoms with Crippen LogP contribution < -0.4 is 5.32 Å². The second kappa shape index (κ2) is 7.69. The molecule has 3 atom stereocenters. The molecule has 0 heterocycles. The molecule has 118 valence electrons. The fourth-order valence-electron chi connectivity index (χ4n) is 2.97. The second-order valence-corrected chi connectivity index (χ2v) is 7.50. The highest BCUT2D eigenvalue weighted by molar-refractivity contribution is 7.99. The Hall–Kier alpha value is -1.47. The Bertz CT molecular complexity index is 540. The Labute approximate surface area is 137 Å². The molecule has 4 heteroatoms. The van der Waals surface area contributed by atoms with Crippen molar-refractivity contribution >= 4 is 17.7 Å². The van der Waals surface area contributed by atoms with E-state index in [0.717, 1.165) is 31.4 Å². The van der Waals surface area contributed by atoms with Gasteiger partial charge in [0.2, 0.25) is 5.91 Å². The molecule has 3 unspecified atom stereocenters. The molecule has 0 bridgehead atoms. The average molecular weight is 316 g/mol. The number of nitrogens with one attached hydrogen (secondary N) is 1. The van der Waals surface area contributed by atoms with Gasteiger partial charge in [0, 0.05) is 16.6 Å². The molecule has 1 aliphatic rings. The van der Waals surface area contributed by atoms with Gasteiger partial charge in [-0.2, -0.15) is 5.26 Å². The Morgan fingerprint density at radius 3 is 2.86 bits per heavy atom. The van der Waals surface area contributed by atoms with Crippen LogP contribution >= 0.6 is 11.8 Å². The van der Waals surface area contributed by atoms with E-state index in [-0.39, 0.29) is 11.8 Å². The highest BCUT2D eigenvalue weighted by atomic mass is 32.2. The van der Waals surface area contributed by atoms with Crippen LogP contribution in [0.3, 0.4) is 0 Å². The number of carbonyl (C=O) groups excluding carboxylic acids is 1. The quantitative estimate of drug-likeness (QED) is 0.835. The average Bonchev–Trinajstić information content (AvgIpc) is 2.53. The molecule has 1 amide bonds. The van der Waals surface area contributed by atoms with Crippen LogP contribution in [0.25, 0.3) is 0 Å². The van der Waals surface area contributed by atoms with E-state index in [1.165, 1.54) is 4.90 Å². The van der Waals surface area contributed by atoms with Crippen LogP contribution in [0, 0.1) is 23.2 Å². The number of nitriles is 1. The van der Waals surface area contributed by atoms with Crippen molar-refractivity contribution in [2.24, 2.45) is 11.8 Å². The topological polar surface area (TPSA) is 52.9 Å². The molecule has 1 N–H and O–H groups in total. The zero-order valence-electron chi connectivity index (χ0n) is 13.3. The molecule has 1 saturated carbocycles.